The molecule has 90 valence electrons. The third-order valence-corrected chi connectivity index (χ3v) is 3.77. The SMILES string of the molecule is CC(CN)CS(=O)Cc1cc(F)ccc1F. The molecule has 2 nitrogen and oxygen atoms in total. The lowest BCUT2D eigenvalue weighted by Crippen LogP contribution is -2.18. The summed E-state index contributed by atoms with van der Waals surface area (Å²) in [5, 5.41) is 0. The molecule has 2 N–H and O–H groups in total. The van der Waals surface area contributed by atoms with Gasteiger partial charge in [0.1, 0.15) is 11.6 Å². The topological polar surface area (TPSA) is 43.1 Å². The second-order valence-electron chi connectivity index (χ2n) is 3.83. The smallest absolute Gasteiger partial charge is 0.127 e. The molecule has 0 saturated carbocycles. The van der Waals surface area contributed by atoms with Gasteiger partial charge in [-0.1, -0.05) is 6.92 Å². The molecule has 0 spiro atoms. The Morgan fingerprint density at radius 1 is 1.44 bits per heavy atom. The maximum atomic E-state index is 13.2. The number of hydrogen-bond donors (Lipinski definition) is 1. The number of rotatable bonds is 5. The predicted octanol–water partition coefficient (Wildman–Crippen LogP) is 1.81. The van der Waals surface area contributed by atoms with Gasteiger partial charge in [-0.15, -0.1) is 0 Å². The van der Waals surface area contributed by atoms with E-state index in [0.717, 1.165) is 18.2 Å². The second-order valence-corrected chi connectivity index (χ2v) is 5.33. The van der Waals surface area contributed by atoms with Crippen LogP contribution in [0, 0.1) is 17.6 Å². The monoisotopic (exact) mass is 247 g/mol. The van der Waals surface area contributed by atoms with Crippen LogP contribution in [0.3, 0.4) is 0 Å². The van der Waals surface area contributed by atoms with E-state index in [1.54, 1.807) is 0 Å². The fraction of sp³-hybridized carbons (Fsp3) is 0.455. The summed E-state index contributed by atoms with van der Waals surface area (Å²) >= 11 is 0. The number of halogens is 2. The third kappa shape index (κ3) is 3.98. The van der Waals surface area contributed by atoms with Gasteiger partial charge in [0.15, 0.2) is 0 Å². The Hall–Kier alpha value is -0.810. The van der Waals surface area contributed by atoms with Crippen LogP contribution in [0.2, 0.25) is 0 Å². The lowest BCUT2D eigenvalue weighted by atomic mass is 10.2. The molecule has 1 rings (SSSR count). The normalized spacial score (nSPS) is 14.8. The van der Waals surface area contributed by atoms with Crippen molar-refractivity contribution in [3.63, 3.8) is 0 Å². The zero-order valence-corrected chi connectivity index (χ0v) is 9.90. The van der Waals surface area contributed by atoms with Gasteiger partial charge < -0.3 is 5.73 Å². The van der Waals surface area contributed by atoms with Gasteiger partial charge in [0.05, 0.1) is 5.75 Å². The molecule has 16 heavy (non-hydrogen) atoms. The molecule has 0 saturated heterocycles. The molecule has 0 heterocycles. The van der Waals surface area contributed by atoms with E-state index in [1.165, 1.54) is 0 Å². The second kappa shape index (κ2) is 6.06. The van der Waals surface area contributed by atoms with E-state index >= 15 is 0 Å². The lowest BCUT2D eigenvalue weighted by molar-refractivity contribution is 0.589. The van der Waals surface area contributed by atoms with Crippen LogP contribution in [0.25, 0.3) is 0 Å². The summed E-state index contributed by atoms with van der Waals surface area (Å²) in [4.78, 5) is 0. The molecular formula is C11H15F2NOS. The highest BCUT2D eigenvalue weighted by Crippen LogP contribution is 2.12. The average molecular weight is 247 g/mol. The van der Waals surface area contributed by atoms with Crippen LogP contribution in [-0.4, -0.2) is 16.5 Å². The van der Waals surface area contributed by atoms with E-state index in [1.807, 2.05) is 6.92 Å². The van der Waals surface area contributed by atoms with Crippen molar-refractivity contribution in [1.82, 2.24) is 0 Å². The van der Waals surface area contributed by atoms with E-state index in [-0.39, 0.29) is 17.2 Å². The number of nitrogens with two attached hydrogens (primary N) is 1. The first-order valence-electron chi connectivity index (χ1n) is 5.02. The molecule has 5 heteroatoms. The van der Waals surface area contributed by atoms with Crippen molar-refractivity contribution < 1.29 is 13.0 Å². The maximum absolute atomic E-state index is 13.2. The summed E-state index contributed by atoms with van der Waals surface area (Å²) in [5.74, 6) is -0.465. The fourth-order valence-corrected chi connectivity index (χ4v) is 2.73. The first-order chi connectivity index (χ1) is 7.52. The van der Waals surface area contributed by atoms with Crippen LogP contribution in [0.4, 0.5) is 8.78 Å². The van der Waals surface area contributed by atoms with E-state index in [0.29, 0.717) is 12.3 Å². The molecule has 0 aliphatic carbocycles. The molecule has 0 amide bonds. The van der Waals surface area contributed by atoms with Gasteiger partial charge in [0, 0.05) is 22.1 Å². The van der Waals surface area contributed by atoms with Gasteiger partial charge >= 0.3 is 0 Å². The molecule has 0 aromatic heterocycles. The molecule has 0 radical (unpaired) electrons. The van der Waals surface area contributed by atoms with Crippen molar-refractivity contribution in [3.05, 3.63) is 35.4 Å². The highest BCUT2D eigenvalue weighted by molar-refractivity contribution is 7.84. The standard InChI is InChI=1S/C11H15F2NOS/c1-8(5-14)6-16(15)7-9-4-10(12)2-3-11(9)13/h2-4,8H,5-7,14H2,1H3. The predicted molar refractivity (Wildman–Crippen MR) is 61.3 cm³/mol. The van der Waals surface area contributed by atoms with E-state index in [9.17, 15) is 13.0 Å². The van der Waals surface area contributed by atoms with Crippen LogP contribution in [-0.2, 0) is 16.6 Å². The molecule has 2 unspecified atom stereocenters. The maximum Gasteiger partial charge on any atom is 0.127 e. The highest BCUT2D eigenvalue weighted by atomic mass is 32.2. The van der Waals surface area contributed by atoms with E-state index in [2.05, 4.69) is 0 Å². The van der Waals surface area contributed by atoms with Crippen molar-refractivity contribution >= 4 is 10.8 Å². The quantitative estimate of drug-likeness (QED) is 0.862. The van der Waals surface area contributed by atoms with E-state index in [4.69, 9.17) is 5.73 Å². The van der Waals surface area contributed by atoms with Crippen LogP contribution in [0.1, 0.15) is 12.5 Å². The van der Waals surface area contributed by atoms with Crippen molar-refractivity contribution in [2.45, 2.75) is 12.7 Å². The molecule has 1 aromatic rings. The summed E-state index contributed by atoms with van der Waals surface area (Å²) in [6.07, 6.45) is 0. The first kappa shape index (κ1) is 13.3. The molecule has 2 atom stereocenters. The van der Waals surface area contributed by atoms with Crippen LogP contribution < -0.4 is 5.73 Å². The Morgan fingerprint density at radius 3 is 2.75 bits per heavy atom. The zero-order valence-electron chi connectivity index (χ0n) is 9.08. The molecule has 0 aliphatic rings. The zero-order chi connectivity index (χ0) is 12.1. The molecule has 0 aliphatic heterocycles. The Labute approximate surface area is 96.3 Å². The van der Waals surface area contributed by atoms with Gasteiger partial charge in [0.2, 0.25) is 0 Å². The number of hydrogen-bond acceptors (Lipinski definition) is 2. The third-order valence-electron chi connectivity index (χ3n) is 2.20. The van der Waals surface area contributed by atoms with Crippen molar-refractivity contribution in [2.24, 2.45) is 11.7 Å². The summed E-state index contributed by atoms with van der Waals surface area (Å²) in [5.41, 5.74) is 5.55. The van der Waals surface area contributed by atoms with Crippen LogP contribution in [0.15, 0.2) is 18.2 Å². The summed E-state index contributed by atoms with van der Waals surface area (Å²) in [7, 11) is -1.21. The number of benzene rings is 1. The Bertz CT molecular complexity index is 384. The summed E-state index contributed by atoms with van der Waals surface area (Å²) in [6, 6.07) is 3.18. The van der Waals surface area contributed by atoms with Crippen molar-refractivity contribution in [1.29, 1.82) is 0 Å². The van der Waals surface area contributed by atoms with Crippen LogP contribution >= 0.6 is 0 Å². The summed E-state index contributed by atoms with van der Waals surface area (Å²) < 4.78 is 37.7. The molecule has 0 bridgehead atoms. The molecule has 0 fully saturated rings. The van der Waals surface area contributed by atoms with Gasteiger partial charge in [0.25, 0.3) is 0 Å². The molecule has 1 aromatic carbocycles. The van der Waals surface area contributed by atoms with Gasteiger partial charge in [-0.2, -0.15) is 0 Å². The van der Waals surface area contributed by atoms with Gasteiger partial charge in [-0.3, -0.25) is 4.21 Å². The minimum Gasteiger partial charge on any atom is -0.330 e. The van der Waals surface area contributed by atoms with Crippen LogP contribution in [0.5, 0.6) is 0 Å². The Kier molecular flexibility index (Phi) is 5.02. The largest absolute Gasteiger partial charge is 0.330 e. The van der Waals surface area contributed by atoms with E-state index < -0.39 is 22.4 Å². The van der Waals surface area contributed by atoms with Crippen molar-refractivity contribution in [2.75, 3.05) is 12.3 Å². The Morgan fingerprint density at radius 2 is 2.12 bits per heavy atom. The summed E-state index contributed by atoms with van der Waals surface area (Å²) in [6.45, 7) is 2.32. The average Bonchev–Trinajstić information content (AvgIpc) is 2.23. The highest BCUT2D eigenvalue weighted by Gasteiger charge is 2.10. The fourth-order valence-electron chi connectivity index (χ4n) is 1.27. The van der Waals surface area contributed by atoms with Gasteiger partial charge in [-0.05, 0) is 30.7 Å². The minimum atomic E-state index is -1.21. The van der Waals surface area contributed by atoms with Gasteiger partial charge in [-0.25, -0.2) is 8.78 Å². The minimum absolute atomic E-state index is 0.0356. The van der Waals surface area contributed by atoms with Crippen molar-refractivity contribution in [3.8, 4) is 0 Å². The lowest BCUT2D eigenvalue weighted by Gasteiger charge is -2.08. The molecular weight excluding hydrogens is 232 g/mol. The first-order valence-corrected chi connectivity index (χ1v) is 6.50. The Balaban J connectivity index is 2.65.